The summed E-state index contributed by atoms with van der Waals surface area (Å²) >= 11 is 0. The van der Waals surface area contributed by atoms with E-state index < -0.39 is 0 Å². The van der Waals surface area contributed by atoms with Gasteiger partial charge in [-0.15, -0.1) is 0 Å². The smallest absolute Gasteiger partial charge is 0.270 e. The summed E-state index contributed by atoms with van der Waals surface area (Å²) < 4.78 is 2.23. The predicted octanol–water partition coefficient (Wildman–Crippen LogP) is 3.34. The van der Waals surface area contributed by atoms with Gasteiger partial charge in [0.1, 0.15) is 0 Å². The lowest BCUT2D eigenvalue weighted by Gasteiger charge is -2.12. The maximum atomic E-state index is 11.2. The second-order valence-electron chi connectivity index (χ2n) is 6.15. The Morgan fingerprint density at radius 1 is 1.35 bits per heavy atom. The molecule has 1 aromatic heterocycles. The molecule has 3 rings (SSSR count). The molecule has 0 bridgehead atoms. The fourth-order valence-corrected chi connectivity index (χ4v) is 3.06. The van der Waals surface area contributed by atoms with Crippen molar-refractivity contribution in [2.45, 2.75) is 19.4 Å². The van der Waals surface area contributed by atoms with Gasteiger partial charge < -0.3 is 9.47 Å². The Labute approximate surface area is 136 Å². The van der Waals surface area contributed by atoms with Crippen molar-refractivity contribution in [3.8, 4) is 0 Å². The number of rotatable bonds is 4. The summed E-state index contributed by atoms with van der Waals surface area (Å²) in [6.45, 7) is 1.85. The van der Waals surface area contributed by atoms with E-state index in [-0.39, 0.29) is 10.6 Å². The molecule has 0 unspecified atom stereocenters. The number of hydrogen-bond donors (Lipinski definition) is 0. The van der Waals surface area contributed by atoms with Crippen LogP contribution in [0, 0.1) is 10.1 Å². The molecule has 1 aliphatic heterocycles. The van der Waals surface area contributed by atoms with Crippen molar-refractivity contribution in [2.75, 3.05) is 20.6 Å². The van der Waals surface area contributed by atoms with Crippen LogP contribution in [0.25, 0.3) is 5.57 Å². The molecule has 0 fully saturated rings. The van der Waals surface area contributed by atoms with Crippen LogP contribution in [0.2, 0.25) is 0 Å². The van der Waals surface area contributed by atoms with E-state index in [0.717, 1.165) is 42.8 Å². The van der Waals surface area contributed by atoms with Crippen LogP contribution in [0.15, 0.2) is 42.6 Å². The molecule has 0 aliphatic carbocycles. The van der Waals surface area contributed by atoms with E-state index >= 15 is 0 Å². The van der Waals surface area contributed by atoms with Crippen molar-refractivity contribution < 1.29 is 4.92 Å². The van der Waals surface area contributed by atoms with Gasteiger partial charge in [0, 0.05) is 42.7 Å². The third-order valence-corrected chi connectivity index (χ3v) is 4.25. The second kappa shape index (κ2) is 6.38. The topological polar surface area (TPSA) is 51.3 Å². The molecular formula is C18H21N3O2. The van der Waals surface area contributed by atoms with Gasteiger partial charge >= 0.3 is 0 Å². The Morgan fingerprint density at radius 2 is 2.17 bits per heavy atom. The predicted molar refractivity (Wildman–Crippen MR) is 91.5 cm³/mol. The summed E-state index contributed by atoms with van der Waals surface area (Å²) in [5.74, 6) is 0. The number of nitro benzene ring substituents is 1. The second-order valence-corrected chi connectivity index (χ2v) is 6.15. The van der Waals surface area contributed by atoms with Gasteiger partial charge in [0.05, 0.1) is 4.92 Å². The maximum absolute atomic E-state index is 11.2. The first-order valence-electron chi connectivity index (χ1n) is 7.84. The Kier molecular flexibility index (Phi) is 4.30. The monoisotopic (exact) mass is 311 g/mol. The van der Waals surface area contributed by atoms with Gasteiger partial charge in [-0.1, -0.05) is 12.1 Å². The number of nitrogens with zero attached hydrogens (tertiary/aromatic N) is 3. The SMILES string of the molecule is CN(C)CCC=C1c2cc([N+](=O)[O-])ccc2CCn2cccc21. The van der Waals surface area contributed by atoms with Crippen molar-refractivity contribution in [1.29, 1.82) is 0 Å². The molecule has 0 N–H and O–H groups in total. The highest BCUT2D eigenvalue weighted by Crippen LogP contribution is 2.33. The third-order valence-electron chi connectivity index (χ3n) is 4.25. The zero-order chi connectivity index (χ0) is 16.4. The molecule has 5 nitrogen and oxygen atoms in total. The fraction of sp³-hybridized carbons (Fsp3) is 0.333. The number of aryl methyl sites for hydroxylation is 2. The van der Waals surface area contributed by atoms with Gasteiger partial charge in [-0.3, -0.25) is 10.1 Å². The Balaban J connectivity index is 2.09. The van der Waals surface area contributed by atoms with E-state index in [1.165, 1.54) is 5.56 Å². The van der Waals surface area contributed by atoms with Crippen LogP contribution in [-0.2, 0) is 13.0 Å². The van der Waals surface area contributed by atoms with E-state index in [2.05, 4.69) is 27.8 Å². The molecule has 1 aromatic carbocycles. The molecule has 0 saturated carbocycles. The molecule has 0 atom stereocenters. The van der Waals surface area contributed by atoms with Crippen molar-refractivity contribution >= 4 is 11.3 Å². The number of nitro groups is 1. The molecule has 23 heavy (non-hydrogen) atoms. The first kappa shape index (κ1) is 15.5. The standard InChI is InChI=1S/C18H21N3O2/c1-19(2)10-3-5-16-17-13-15(21(22)23)8-7-14(17)9-12-20-11-4-6-18(16)20/h4-8,11,13H,3,9-10,12H2,1-2H3. The van der Waals surface area contributed by atoms with Gasteiger partial charge in [0.25, 0.3) is 5.69 Å². The minimum absolute atomic E-state index is 0.155. The molecule has 0 saturated heterocycles. The fourth-order valence-electron chi connectivity index (χ4n) is 3.06. The lowest BCUT2D eigenvalue weighted by molar-refractivity contribution is -0.384. The van der Waals surface area contributed by atoms with Crippen LogP contribution in [0.5, 0.6) is 0 Å². The molecule has 5 heteroatoms. The molecule has 120 valence electrons. The van der Waals surface area contributed by atoms with Crippen molar-refractivity contribution in [3.05, 3.63) is 69.5 Å². The highest BCUT2D eigenvalue weighted by molar-refractivity contribution is 5.81. The number of non-ortho nitro benzene ring substituents is 1. The van der Waals surface area contributed by atoms with Crippen molar-refractivity contribution in [2.24, 2.45) is 0 Å². The molecule has 0 radical (unpaired) electrons. The Bertz CT molecular complexity index is 759. The molecular weight excluding hydrogens is 290 g/mol. The average Bonchev–Trinajstić information content (AvgIpc) is 2.92. The van der Waals surface area contributed by atoms with Crippen LogP contribution in [0.3, 0.4) is 0 Å². The maximum Gasteiger partial charge on any atom is 0.270 e. The van der Waals surface area contributed by atoms with Crippen LogP contribution in [0.4, 0.5) is 5.69 Å². The van der Waals surface area contributed by atoms with Crippen LogP contribution < -0.4 is 0 Å². The van der Waals surface area contributed by atoms with Crippen molar-refractivity contribution in [3.63, 3.8) is 0 Å². The molecule has 1 aliphatic rings. The zero-order valence-electron chi connectivity index (χ0n) is 13.5. The summed E-state index contributed by atoms with van der Waals surface area (Å²) in [6, 6.07) is 9.36. The van der Waals surface area contributed by atoms with Crippen LogP contribution >= 0.6 is 0 Å². The Hall–Kier alpha value is -2.40. The van der Waals surface area contributed by atoms with Gasteiger partial charge in [-0.2, -0.15) is 0 Å². The van der Waals surface area contributed by atoms with E-state index in [1.807, 2.05) is 26.2 Å². The summed E-state index contributed by atoms with van der Waals surface area (Å²) in [5.41, 5.74) is 4.57. The van der Waals surface area contributed by atoms with Gasteiger partial charge in [-0.05, 0) is 50.2 Å². The first-order chi connectivity index (χ1) is 11.1. The lowest BCUT2D eigenvalue weighted by Crippen LogP contribution is -2.12. The number of fused-ring (bicyclic) bond motifs is 2. The third kappa shape index (κ3) is 3.19. The van der Waals surface area contributed by atoms with Gasteiger partial charge in [-0.25, -0.2) is 0 Å². The normalized spacial score (nSPS) is 15.3. The summed E-state index contributed by atoms with van der Waals surface area (Å²) in [5, 5.41) is 11.2. The van der Waals surface area contributed by atoms with Crippen LogP contribution in [-0.4, -0.2) is 35.0 Å². The average molecular weight is 311 g/mol. The Morgan fingerprint density at radius 3 is 2.91 bits per heavy atom. The number of benzene rings is 1. The summed E-state index contributed by atoms with van der Waals surface area (Å²) in [4.78, 5) is 13.0. The minimum Gasteiger partial charge on any atom is -0.347 e. The van der Waals surface area contributed by atoms with E-state index in [4.69, 9.17) is 0 Å². The summed E-state index contributed by atoms with van der Waals surface area (Å²) in [6.07, 6.45) is 6.09. The largest absolute Gasteiger partial charge is 0.347 e. The highest BCUT2D eigenvalue weighted by Gasteiger charge is 2.20. The molecule has 2 heterocycles. The van der Waals surface area contributed by atoms with Gasteiger partial charge in [0.2, 0.25) is 0 Å². The number of aromatic nitrogens is 1. The summed E-state index contributed by atoms with van der Waals surface area (Å²) in [7, 11) is 4.10. The molecule has 2 aromatic rings. The van der Waals surface area contributed by atoms with Crippen LogP contribution in [0.1, 0.15) is 23.2 Å². The van der Waals surface area contributed by atoms with E-state index in [9.17, 15) is 10.1 Å². The zero-order valence-corrected chi connectivity index (χ0v) is 13.5. The van der Waals surface area contributed by atoms with Crippen molar-refractivity contribution in [1.82, 2.24) is 9.47 Å². The quantitative estimate of drug-likeness (QED) is 0.643. The molecule has 0 spiro atoms. The highest BCUT2D eigenvalue weighted by atomic mass is 16.6. The first-order valence-corrected chi connectivity index (χ1v) is 7.84. The van der Waals surface area contributed by atoms with E-state index in [1.54, 1.807) is 12.1 Å². The minimum atomic E-state index is -0.318. The number of hydrogen-bond acceptors (Lipinski definition) is 3. The lowest BCUT2D eigenvalue weighted by atomic mass is 9.95. The molecule has 0 amide bonds. The van der Waals surface area contributed by atoms with Gasteiger partial charge in [0.15, 0.2) is 0 Å². The van der Waals surface area contributed by atoms with E-state index in [0.29, 0.717) is 0 Å².